The van der Waals surface area contributed by atoms with Crippen LogP contribution in [0.25, 0.3) is 33.8 Å². The van der Waals surface area contributed by atoms with E-state index >= 15 is 0 Å². The third-order valence-electron chi connectivity index (χ3n) is 5.44. The van der Waals surface area contributed by atoms with E-state index in [1.54, 1.807) is 62.1 Å². The Bertz CT molecular complexity index is 1560. The first-order valence-corrected chi connectivity index (χ1v) is 12.0. The number of rotatable bonds is 8. The van der Waals surface area contributed by atoms with Crippen LogP contribution in [0.5, 0.6) is 11.5 Å². The van der Waals surface area contributed by atoms with Gasteiger partial charge in [0.2, 0.25) is 5.89 Å². The fourth-order valence-electron chi connectivity index (χ4n) is 3.66. The highest BCUT2D eigenvalue weighted by Gasteiger charge is 2.19. The van der Waals surface area contributed by atoms with Gasteiger partial charge in [-0.25, -0.2) is 14.8 Å². The molecule has 0 aliphatic rings. The lowest BCUT2D eigenvalue weighted by Crippen LogP contribution is -2.21. The second-order valence-electron chi connectivity index (χ2n) is 7.76. The summed E-state index contributed by atoms with van der Waals surface area (Å²) in [5.41, 5.74) is 3.46. The molecular weight excluding hydrogens is 494 g/mol. The number of ether oxygens (including phenoxy) is 3. The van der Waals surface area contributed by atoms with Crippen LogP contribution in [-0.4, -0.2) is 42.7 Å². The Morgan fingerprint density at radius 1 is 0.946 bits per heavy atom. The maximum Gasteiger partial charge on any atom is 0.339 e. The summed E-state index contributed by atoms with van der Waals surface area (Å²) >= 11 is 1.25. The molecule has 0 radical (unpaired) electrons. The summed E-state index contributed by atoms with van der Waals surface area (Å²) in [4.78, 5) is 34.2. The Morgan fingerprint density at radius 2 is 1.73 bits per heavy atom. The third kappa shape index (κ3) is 5.14. The van der Waals surface area contributed by atoms with Crippen molar-refractivity contribution >= 4 is 39.4 Å². The molecule has 1 N–H and O–H groups in total. The number of amides is 1. The minimum atomic E-state index is -0.668. The average molecular weight is 516 g/mol. The standard InChI is InChI=1S/C27H21N3O6S/c1-33-22-12-11-16(13-23(22)34-2)20-15-37-27(29-20)30-24(31)14-35-26(32)18-8-4-3-7-17(18)25-28-19-9-5-6-10-21(19)36-25/h3-13,15H,14H2,1-2H3,(H,29,30,31). The average Bonchev–Trinajstić information content (AvgIpc) is 3.58. The zero-order valence-electron chi connectivity index (χ0n) is 19.9. The normalized spacial score (nSPS) is 10.8. The lowest BCUT2D eigenvalue weighted by Gasteiger charge is -2.08. The number of nitrogens with one attached hydrogen (secondary N) is 1. The van der Waals surface area contributed by atoms with E-state index in [-0.39, 0.29) is 5.56 Å². The Hall–Kier alpha value is -4.70. The van der Waals surface area contributed by atoms with E-state index in [0.29, 0.717) is 44.9 Å². The number of aromatic nitrogens is 2. The molecule has 37 heavy (non-hydrogen) atoms. The molecule has 0 saturated heterocycles. The molecule has 2 aromatic heterocycles. The molecule has 5 rings (SSSR count). The molecule has 9 nitrogen and oxygen atoms in total. The minimum Gasteiger partial charge on any atom is -0.493 e. The molecule has 186 valence electrons. The van der Waals surface area contributed by atoms with Gasteiger partial charge in [0.25, 0.3) is 5.91 Å². The third-order valence-corrected chi connectivity index (χ3v) is 6.19. The van der Waals surface area contributed by atoms with Crippen molar-refractivity contribution in [2.75, 3.05) is 26.1 Å². The number of hydrogen-bond donors (Lipinski definition) is 1. The smallest absolute Gasteiger partial charge is 0.339 e. The molecule has 0 unspecified atom stereocenters. The Morgan fingerprint density at radius 3 is 2.54 bits per heavy atom. The number of fused-ring (bicyclic) bond motifs is 1. The zero-order valence-corrected chi connectivity index (χ0v) is 20.7. The van der Waals surface area contributed by atoms with E-state index < -0.39 is 18.5 Å². The van der Waals surface area contributed by atoms with Crippen molar-refractivity contribution in [2.45, 2.75) is 0 Å². The van der Waals surface area contributed by atoms with Crippen molar-refractivity contribution in [1.29, 1.82) is 0 Å². The molecule has 0 aliphatic carbocycles. The SMILES string of the molecule is COc1ccc(-c2csc(NC(=O)COC(=O)c3ccccc3-c3nc4ccccc4o3)n2)cc1OC. The summed E-state index contributed by atoms with van der Waals surface area (Å²) in [7, 11) is 3.12. The van der Waals surface area contributed by atoms with Crippen molar-refractivity contribution in [3.63, 3.8) is 0 Å². The van der Waals surface area contributed by atoms with Crippen molar-refractivity contribution in [3.05, 3.63) is 77.7 Å². The van der Waals surface area contributed by atoms with Gasteiger partial charge in [-0.3, -0.25) is 10.1 Å². The predicted molar refractivity (Wildman–Crippen MR) is 139 cm³/mol. The minimum absolute atomic E-state index is 0.242. The number of para-hydroxylation sites is 2. The summed E-state index contributed by atoms with van der Waals surface area (Å²) in [6, 6.07) is 19.5. The van der Waals surface area contributed by atoms with Crippen LogP contribution in [0.2, 0.25) is 0 Å². The molecule has 10 heteroatoms. The van der Waals surface area contributed by atoms with Crippen LogP contribution in [-0.2, 0) is 9.53 Å². The highest BCUT2D eigenvalue weighted by molar-refractivity contribution is 7.14. The van der Waals surface area contributed by atoms with Crippen LogP contribution in [0.15, 0.2) is 76.5 Å². The second-order valence-corrected chi connectivity index (χ2v) is 8.62. The number of carbonyl (C=O) groups excluding carboxylic acids is 2. The summed E-state index contributed by atoms with van der Waals surface area (Å²) in [5, 5.41) is 4.84. The fraction of sp³-hybridized carbons (Fsp3) is 0.111. The zero-order chi connectivity index (χ0) is 25.8. The number of benzene rings is 3. The Labute approximate surface area is 215 Å². The van der Waals surface area contributed by atoms with Crippen LogP contribution >= 0.6 is 11.3 Å². The van der Waals surface area contributed by atoms with Gasteiger partial charge in [0.05, 0.1) is 31.0 Å². The maximum absolute atomic E-state index is 12.8. The largest absolute Gasteiger partial charge is 0.493 e. The lowest BCUT2D eigenvalue weighted by atomic mass is 10.1. The number of hydrogen-bond acceptors (Lipinski definition) is 9. The van der Waals surface area contributed by atoms with Crippen LogP contribution < -0.4 is 14.8 Å². The van der Waals surface area contributed by atoms with Gasteiger partial charge in [-0.2, -0.15) is 0 Å². The number of thiazole rings is 1. The van der Waals surface area contributed by atoms with E-state index in [1.165, 1.54) is 11.3 Å². The van der Waals surface area contributed by atoms with Gasteiger partial charge in [-0.15, -0.1) is 11.3 Å². The molecular formula is C27H21N3O6S. The Balaban J connectivity index is 1.24. The highest BCUT2D eigenvalue weighted by Crippen LogP contribution is 2.33. The number of carbonyl (C=O) groups is 2. The van der Waals surface area contributed by atoms with E-state index in [9.17, 15) is 9.59 Å². The number of esters is 1. The first-order chi connectivity index (χ1) is 18.1. The summed E-state index contributed by atoms with van der Waals surface area (Å²) < 4.78 is 21.7. The lowest BCUT2D eigenvalue weighted by molar-refractivity contribution is -0.119. The summed E-state index contributed by atoms with van der Waals surface area (Å²) in [6.07, 6.45) is 0. The molecule has 0 bridgehead atoms. The molecule has 0 atom stereocenters. The van der Waals surface area contributed by atoms with Gasteiger partial charge >= 0.3 is 5.97 Å². The van der Waals surface area contributed by atoms with Crippen molar-refractivity contribution in [1.82, 2.24) is 9.97 Å². The van der Waals surface area contributed by atoms with Gasteiger partial charge in [-0.05, 0) is 42.5 Å². The number of anilines is 1. The monoisotopic (exact) mass is 515 g/mol. The number of methoxy groups -OCH3 is 2. The molecule has 0 aliphatic heterocycles. The highest BCUT2D eigenvalue weighted by atomic mass is 32.1. The predicted octanol–water partition coefficient (Wildman–Crippen LogP) is 5.43. The van der Waals surface area contributed by atoms with Gasteiger partial charge in [0.1, 0.15) is 5.52 Å². The number of nitrogens with zero attached hydrogens (tertiary/aromatic N) is 2. The Kier molecular flexibility index (Phi) is 6.82. The van der Waals surface area contributed by atoms with E-state index in [4.69, 9.17) is 18.6 Å². The summed E-state index contributed by atoms with van der Waals surface area (Å²) in [5.74, 6) is 0.292. The van der Waals surface area contributed by atoms with Gasteiger partial charge in [0, 0.05) is 10.9 Å². The van der Waals surface area contributed by atoms with Crippen LogP contribution in [0, 0.1) is 0 Å². The van der Waals surface area contributed by atoms with Gasteiger partial charge < -0.3 is 18.6 Å². The molecule has 0 fully saturated rings. The van der Waals surface area contributed by atoms with Crippen molar-refractivity contribution in [2.24, 2.45) is 0 Å². The maximum atomic E-state index is 12.8. The van der Waals surface area contributed by atoms with Crippen molar-refractivity contribution in [3.8, 4) is 34.2 Å². The molecule has 0 saturated carbocycles. The van der Waals surface area contributed by atoms with Crippen LogP contribution in [0.3, 0.4) is 0 Å². The van der Waals surface area contributed by atoms with Crippen LogP contribution in [0.4, 0.5) is 5.13 Å². The first kappa shape index (κ1) is 24.0. The summed E-state index contributed by atoms with van der Waals surface area (Å²) in [6.45, 7) is -0.480. The molecule has 1 amide bonds. The van der Waals surface area contributed by atoms with E-state index in [0.717, 1.165) is 5.56 Å². The van der Waals surface area contributed by atoms with E-state index in [1.807, 2.05) is 24.3 Å². The molecule has 2 heterocycles. The van der Waals surface area contributed by atoms with Gasteiger partial charge in [-0.1, -0.05) is 24.3 Å². The second kappa shape index (κ2) is 10.5. The van der Waals surface area contributed by atoms with Crippen molar-refractivity contribution < 1.29 is 28.2 Å². The van der Waals surface area contributed by atoms with Gasteiger partial charge in [0.15, 0.2) is 28.8 Å². The van der Waals surface area contributed by atoms with Crippen LogP contribution in [0.1, 0.15) is 10.4 Å². The van der Waals surface area contributed by atoms with E-state index in [2.05, 4.69) is 15.3 Å². The molecule has 3 aromatic carbocycles. The fourth-order valence-corrected chi connectivity index (χ4v) is 4.39. The topological polar surface area (TPSA) is 113 Å². The quantitative estimate of drug-likeness (QED) is 0.272. The number of oxazole rings is 1. The first-order valence-electron chi connectivity index (χ1n) is 11.2. The molecule has 5 aromatic rings. The molecule has 0 spiro atoms.